The fourth-order valence-electron chi connectivity index (χ4n) is 6.06. The van der Waals surface area contributed by atoms with Crippen LogP contribution in [0.1, 0.15) is 142 Å². The monoisotopic (exact) mass is 775 g/mol. The Kier molecular flexibility index (Phi) is 31.6. The number of carbonyl (C=O) groups excluding carboxylic acids is 2. The van der Waals surface area contributed by atoms with Crippen LogP contribution in [-0.4, -0.2) is 93.4 Å². The molecule has 0 spiro atoms. The molecule has 5 N–H and O–H groups in total. The Morgan fingerprint density at radius 1 is 0.582 bits per heavy atom. The highest BCUT2D eigenvalue weighted by Gasteiger charge is 2.46. The van der Waals surface area contributed by atoms with Crippen LogP contribution in [0, 0.1) is 0 Å². The molecule has 1 heterocycles. The van der Waals surface area contributed by atoms with Gasteiger partial charge in [-0.2, -0.15) is 0 Å². The highest BCUT2D eigenvalue weighted by Crippen LogP contribution is 2.25. The van der Waals surface area contributed by atoms with Crippen molar-refractivity contribution in [3.8, 4) is 0 Å². The molecule has 0 bridgehead atoms. The number of aliphatic hydroxyl groups is 5. The molecule has 10 nitrogen and oxygen atoms in total. The third-order valence-corrected chi connectivity index (χ3v) is 9.36. The Balaban J connectivity index is 2.57. The summed E-state index contributed by atoms with van der Waals surface area (Å²) in [5.74, 6) is -1.01. The summed E-state index contributed by atoms with van der Waals surface area (Å²) in [5, 5.41) is 50.6. The molecule has 1 rings (SSSR count). The predicted octanol–water partition coefficient (Wildman–Crippen LogP) is 7.82. The number of hydrogen-bond donors (Lipinski definition) is 5. The van der Waals surface area contributed by atoms with Gasteiger partial charge < -0.3 is 39.7 Å². The zero-order chi connectivity index (χ0) is 40.4. The third-order valence-electron chi connectivity index (χ3n) is 9.36. The summed E-state index contributed by atoms with van der Waals surface area (Å²) in [5.41, 5.74) is 0. The van der Waals surface area contributed by atoms with E-state index in [-0.39, 0.29) is 12.8 Å². The van der Waals surface area contributed by atoms with E-state index in [4.69, 9.17) is 14.2 Å². The van der Waals surface area contributed by atoms with Crippen LogP contribution in [0.2, 0.25) is 0 Å². The Labute approximate surface area is 331 Å². The lowest BCUT2D eigenvalue weighted by Crippen LogP contribution is -2.60. The van der Waals surface area contributed by atoms with Crippen molar-refractivity contribution in [1.29, 1.82) is 0 Å². The Morgan fingerprint density at radius 2 is 1.04 bits per heavy atom. The van der Waals surface area contributed by atoms with Crippen molar-refractivity contribution in [1.82, 2.24) is 0 Å². The van der Waals surface area contributed by atoms with Crippen LogP contribution < -0.4 is 0 Å². The van der Waals surface area contributed by atoms with Gasteiger partial charge in [-0.3, -0.25) is 9.59 Å². The fourth-order valence-corrected chi connectivity index (χ4v) is 6.06. The summed E-state index contributed by atoms with van der Waals surface area (Å²) in [7, 11) is 0. The van der Waals surface area contributed by atoms with E-state index in [1.54, 1.807) is 0 Å². The van der Waals surface area contributed by atoms with E-state index in [9.17, 15) is 35.1 Å². The van der Waals surface area contributed by atoms with E-state index in [0.29, 0.717) is 12.8 Å². The highest BCUT2D eigenvalue weighted by molar-refractivity contribution is 5.86. The second-order valence-electron chi connectivity index (χ2n) is 14.1. The third kappa shape index (κ3) is 24.5. The predicted molar refractivity (Wildman–Crippen MR) is 219 cm³/mol. The number of Topliss-reactive ketones (excluding diaryl/α,β-unsaturated/α-hetero) is 1. The average molecular weight is 775 g/mol. The summed E-state index contributed by atoms with van der Waals surface area (Å²) in [6.45, 7) is 2.85. The molecule has 0 aromatic rings. The molecule has 314 valence electrons. The number of ketones is 1. The normalized spacial score (nSPS) is 22.0. The largest absolute Gasteiger partial charge is 0.451 e. The van der Waals surface area contributed by atoms with Gasteiger partial charge in [-0.1, -0.05) is 125 Å². The molecule has 0 saturated carbocycles. The maximum atomic E-state index is 13.5. The quantitative estimate of drug-likeness (QED) is 0.0252. The van der Waals surface area contributed by atoms with Crippen LogP contribution in [-0.2, 0) is 23.8 Å². The van der Waals surface area contributed by atoms with Gasteiger partial charge in [0.1, 0.15) is 30.5 Å². The minimum absolute atomic E-state index is 0.0999. The number of aliphatic hydroxyl groups excluding tert-OH is 5. The average Bonchev–Trinajstić information content (AvgIpc) is 3.18. The Bertz CT molecular complexity index is 1140. The maximum absolute atomic E-state index is 13.5. The van der Waals surface area contributed by atoms with Crippen LogP contribution in [0.3, 0.4) is 0 Å². The van der Waals surface area contributed by atoms with Crippen LogP contribution in [0.15, 0.2) is 72.9 Å². The van der Waals surface area contributed by atoms with Crippen molar-refractivity contribution in [3.05, 3.63) is 72.9 Å². The van der Waals surface area contributed by atoms with Crippen LogP contribution in [0.25, 0.3) is 0 Å². The van der Waals surface area contributed by atoms with Gasteiger partial charge in [-0.15, -0.1) is 0 Å². The van der Waals surface area contributed by atoms with Crippen LogP contribution in [0.4, 0.5) is 0 Å². The molecule has 10 heteroatoms. The van der Waals surface area contributed by atoms with Crippen LogP contribution >= 0.6 is 0 Å². The first-order valence-electron chi connectivity index (χ1n) is 21.0. The molecule has 55 heavy (non-hydrogen) atoms. The van der Waals surface area contributed by atoms with Gasteiger partial charge in [-0.25, -0.2) is 0 Å². The molecule has 1 aliphatic rings. The van der Waals surface area contributed by atoms with E-state index >= 15 is 0 Å². The maximum Gasteiger partial charge on any atom is 0.306 e. The molecule has 1 fully saturated rings. The standard InChI is InChI=1S/C45H74O10/c1-3-5-7-9-11-13-15-17-19-21-23-25-27-29-31-33-37(48)44(39(36-47)54-45-43(52)42(51)41(50)38(35-46)53-45)55-40(49)34-32-30-28-26-24-22-20-18-16-14-12-10-8-6-4-2/h5-8,11-14,17-20,38-39,41-47,50-52H,3-4,9-10,15-16,21-36H2,1-2H3/b7-5-,8-6-,13-11-,14-12-,19-17-,20-18-/t38-,39+,41+,42+,43-,44?,45+/m1/s1. The van der Waals surface area contributed by atoms with Gasteiger partial charge in [0.05, 0.1) is 13.2 Å². The number of esters is 1. The van der Waals surface area contributed by atoms with E-state index in [1.165, 1.54) is 0 Å². The fraction of sp³-hybridized carbons (Fsp3) is 0.689. The van der Waals surface area contributed by atoms with Crippen molar-refractivity contribution in [2.75, 3.05) is 13.2 Å². The van der Waals surface area contributed by atoms with Gasteiger partial charge in [0, 0.05) is 12.8 Å². The molecule has 0 radical (unpaired) electrons. The van der Waals surface area contributed by atoms with E-state index in [1.807, 2.05) is 0 Å². The number of ether oxygens (including phenoxy) is 3. The lowest BCUT2D eigenvalue weighted by molar-refractivity contribution is -0.318. The van der Waals surface area contributed by atoms with Crippen LogP contribution in [0.5, 0.6) is 0 Å². The first kappa shape index (κ1) is 50.3. The van der Waals surface area contributed by atoms with Gasteiger partial charge >= 0.3 is 5.97 Å². The van der Waals surface area contributed by atoms with E-state index < -0.39 is 67.9 Å². The summed E-state index contributed by atoms with van der Waals surface area (Å²) in [6.07, 6.45) is 32.5. The number of rotatable bonds is 33. The van der Waals surface area contributed by atoms with Gasteiger partial charge in [0.25, 0.3) is 0 Å². The van der Waals surface area contributed by atoms with E-state index in [2.05, 4.69) is 86.8 Å². The molecular formula is C45H74O10. The zero-order valence-corrected chi connectivity index (χ0v) is 33.8. The molecule has 0 aromatic heterocycles. The first-order valence-corrected chi connectivity index (χ1v) is 21.0. The van der Waals surface area contributed by atoms with Crippen molar-refractivity contribution in [2.45, 2.75) is 185 Å². The lowest BCUT2D eigenvalue weighted by Gasteiger charge is -2.41. The summed E-state index contributed by atoms with van der Waals surface area (Å²) in [4.78, 5) is 26.4. The molecule has 1 saturated heterocycles. The van der Waals surface area contributed by atoms with E-state index in [0.717, 1.165) is 103 Å². The smallest absolute Gasteiger partial charge is 0.306 e. The summed E-state index contributed by atoms with van der Waals surface area (Å²) < 4.78 is 16.8. The van der Waals surface area contributed by atoms with Crippen molar-refractivity contribution < 1.29 is 49.3 Å². The lowest BCUT2D eigenvalue weighted by atomic mass is 9.98. The summed E-state index contributed by atoms with van der Waals surface area (Å²) in [6, 6.07) is 0. The SMILES string of the molecule is CC/C=C\C/C=C\C/C=C\CCCCCCCC(=O)OC(C(=O)CCCCCCC/C=C\C/C=C\C/C=C\CC)[C@H](CO)O[C@@H]1O[C@H](CO)[C@H](O)[C@H](O)[C@H]1O. The molecule has 0 amide bonds. The minimum Gasteiger partial charge on any atom is -0.451 e. The second kappa shape index (κ2) is 34.5. The van der Waals surface area contributed by atoms with Gasteiger partial charge in [-0.05, 0) is 77.0 Å². The highest BCUT2D eigenvalue weighted by atomic mass is 16.7. The number of allylic oxidation sites excluding steroid dienone is 12. The van der Waals surface area contributed by atoms with Gasteiger partial charge in [0.15, 0.2) is 18.2 Å². The first-order chi connectivity index (χ1) is 26.8. The topological polar surface area (TPSA) is 163 Å². The van der Waals surface area contributed by atoms with Crippen molar-refractivity contribution in [2.24, 2.45) is 0 Å². The van der Waals surface area contributed by atoms with Gasteiger partial charge in [0.2, 0.25) is 0 Å². The molecule has 0 aliphatic carbocycles. The number of unbranched alkanes of at least 4 members (excludes halogenated alkanes) is 10. The molecule has 1 aliphatic heterocycles. The zero-order valence-electron chi connectivity index (χ0n) is 33.8. The Morgan fingerprint density at radius 3 is 1.53 bits per heavy atom. The Hall–Kier alpha value is -2.70. The minimum atomic E-state index is -1.73. The molecule has 1 unspecified atom stereocenters. The second-order valence-corrected chi connectivity index (χ2v) is 14.1. The number of hydrogen-bond acceptors (Lipinski definition) is 10. The molecule has 7 atom stereocenters. The van der Waals surface area contributed by atoms with Crippen molar-refractivity contribution >= 4 is 11.8 Å². The molecular weight excluding hydrogens is 700 g/mol. The summed E-state index contributed by atoms with van der Waals surface area (Å²) >= 11 is 0. The molecule has 0 aromatic carbocycles. The van der Waals surface area contributed by atoms with Crippen molar-refractivity contribution in [3.63, 3.8) is 0 Å². The number of carbonyl (C=O) groups is 2.